The van der Waals surface area contributed by atoms with Crippen molar-refractivity contribution < 1.29 is 23.8 Å². The van der Waals surface area contributed by atoms with Gasteiger partial charge in [0.25, 0.3) is 0 Å². The number of ketones is 1. The van der Waals surface area contributed by atoms with E-state index < -0.39 is 0 Å². The molecule has 1 aliphatic heterocycles. The summed E-state index contributed by atoms with van der Waals surface area (Å²) < 4.78 is 17.3. The normalized spacial score (nSPS) is 29.1. The molecule has 0 radical (unpaired) electrons. The second-order valence-corrected chi connectivity index (χ2v) is 10.5. The van der Waals surface area contributed by atoms with Crippen molar-refractivity contribution in [2.24, 2.45) is 17.8 Å². The number of esters is 1. The summed E-state index contributed by atoms with van der Waals surface area (Å²) in [5.74, 6) is 0.955. The molecule has 5 atom stereocenters. The van der Waals surface area contributed by atoms with E-state index in [0.717, 1.165) is 77.2 Å². The molecule has 6 heteroatoms. The highest BCUT2D eigenvalue weighted by atomic mass is 35.5. The largest absolute Gasteiger partial charge is 0.466 e. The van der Waals surface area contributed by atoms with Gasteiger partial charge in [-0.15, -0.1) is 0 Å². The third kappa shape index (κ3) is 8.20. The van der Waals surface area contributed by atoms with Crippen LogP contribution in [0.1, 0.15) is 97.3 Å². The Kier molecular flexibility index (Phi) is 11.6. The zero-order chi connectivity index (χ0) is 24.3. The van der Waals surface area contributed by atoms with E-state index in [1.54, 1.807) is 0 Å². The summed E-state index contributed by atoms with van der Waals surface area (Å²) in [6.07, 6.45) is 16.4. The molecule has 5 nitrogen and oxygen atoms in total. The Morgan fingerprint density at radius 3 is 2.71 bits per heavy atom. The fraction of sp³-hybridized carbons (Fsp3) is 0.786. The van der Waals surface area contributed by atoms with Gasteiger partial charge in [-0.1, -0.05) is 49.1 Å². The molecule has 3 rings (SSSR count). The second-order valence-electron chi connectivity index (χ2n) is 10.0. The summed E-state index contributed by atoms with van der Waals surface area (Å²) in [4.78, 5) is 24.2. The molecule has 192 valence electrons. The molecule has 2 fully saturated rings. The predicted molar refractivity (Wildman–Crippen MR) is 134 cm³/mol. The van der Waals surface area contributed by atoms with Gasteiger partial charge in [-0.05, 0) is 76.5 Å². The first-order valence-electron chi connectivity index (χ1n) is 13.5. The number of halogens is 1. The lowest BCUT2D eigenvalue weighted by Gasteiger charge is -2.29. The van der Waals surface area contributed by atoms with Crippen LogP contribution < -0.4 is 0 Å². The van der Waals surface area contributed by atoms with Crippen LogP contribution in [-0.2, 0) is 23.8 Å². The van der Waals surface area contributed by atoms with E-state index in [-0.39, 0.29) is 30.1 Å². The average Bonchev–Trinajstić information content (AvgIpc) is 3.35. The van der Waals surface area contributed by atoms with Crippen molar-refractivity contribution in [2.45, 2.75) is 110 Å². The molecule has 0 aromatic rings. The average molecular weight is 495 g/mol. The molecule has 1 heterocycles. The van der Waals surface area contributed by atoms with Crippen molar-refractivity contribution in [3.05, 3.63) is 22.8 Å². The van der Waals surface area contributed by atoms with Crippen LogP contribution >= 0.6 is 11.6 Å². The lowest BCUT2D eigenvalue weighted by Crippen LogP contribution is -2.31. The number of fused-ring (bicyclic) bond motifs is 1. The van der Waals surface area contributed by atoms with E-state index in [4.69, 9.17) is 25.8 Å². The van der Waals surface area contributed by atoms with Gasteiger partial charge in [-0.25, -0.2) is 0 Å². The first-order chi connectivity index (χ1) is 16.5. The molecular weight excluding hydrogens is 452 g/mol. The Morgan fingerprint density at radius 2 is 1.97 bits per heavy atom. The zero-order valence-corrected chi connectivity index (χ0v) is 21.8. The molecule has 0 spiro atoms. The van der Waals surface area contributed by atoms with Crippen LogP contribution in [0.2, 0.25) is 0 Å². The van der Waals surface area contributed by atoms with Crippen LogP contribution in [0.5, 0.6) is 0 Å². The van der Waals surface area contributed by atoms with Crippen LogP contribution in [0.4, 0.5) is 0 Å². The number of unbranched alkanes of at least 4 members (excludes halogenated alkanes) is 3. The van der Waals surface area contributed by atoms with E-state index >= 15 is 0 Å². The lowest BCUT2D eigenvalue weighted by atomic mass is 9.88. The molecule has 3 aliphatic rings. The number of carbonyl (C=O) groups is 2. The van der Waals surface area contributed by atoms with Crippen molar-refractivity contribution in [1.29, 1.82) is 0 Å². The third-order valence-corrected chi connectivity index (χ3v) is 7.77. The number of carbonyl (C=O) groups excluding carboxylic acids is 2. The SMILES string of the molecule is CCCCCC(=O)C(Cl)=CC1C(OC2CCCCO2)CC2C=C(CCCCC(=O)OCC)CC21. The Balaban J connectivity index is 1.60. The van der Waals surface area contributed by atoms with E-state index in [0.29, 0.717) is 36.3 Å². The Labute approximate surface area is 210 Å². The summed E-state index contributed by atoms with van der Waals surface area (Å²) in [6.45, 7) is 5.18. The van der Waals surface area contributed by atoms with Crippen LogP contribution in [0.25, 0.3) is 0 Å². The van der Waals surface area contributed by atoms with Gasteiger partial charge in [0.05, 0.1) is 17.7 Å². The van der Waals surface area contributed by atoms with Crippen molar-refractivity contribution >= 4 is 23.4 Å². The molecule has 0 bridgehead atoms. The van der Waals surface area contributed by atoms with Crippen molar-refractivity contribution in [3.63, 3.8) is 0 Å². The highest BCUT2D eigenvalue weighted by molar-refractivity contribution is 6.42. The number of ether oxygens (including phenoxy) is 3. The molecule has 5 unspecified atom stereocenters. The molecule has 1 saturated heterocycles. The van der Waals surface area contributed by atoms with Gasteiger partial charge in [-0.3, -0.25) is 9.59 Å². The topological polar surface area (TPSA) is 61.8 Å². The summed E-state index contributed by atoms with van der Waals surface area (Å²) in [5, 5.41) is 0.378. The maximum atomic E-state index is 12.6. The first kappa shape index (κ1) is 27.4. The van der Waals surface area contributed by atoms with E-state index in [9.17, 15) is 9.59 Å². The minimum Gasteiger partial charge on any atom is -0.466 e. The maximum Gasteiger partial charge on any atom is 0.305 e. The molecule has 2 aliphatic carbocycles. The van der Waals surface area contributed by atoms with E-state index in [1.165, 1.54) is 5.57 Å². The fourth-order valence-corrected chi connectivity index (χ4v) is 5.90. The Bertz CT molecular complexity index is 724. The third-order valence-electron chi connectivity index (χ3n) is 7.44. The number of hydrogen-bond donors (Lipinski definition) is 0. The zero-order valence-electron chi connectivity index (χ0n) is 21.1. The van der Waals surface area contributed by atoms with Gasteiger partial charge in [0.2, 0.25) is 0 Å². The quantitative estimate of drug-likeness (QED) is 0.114. The van der Waals surface area contributed by atoms with E-state index in [1.807, 2.05) is 13.0 Å². The maximum absolute atomic E-state index is 12.6. The van der Waals surface area contributed by atoms with Crippen molar-refractivity contribution in [3.8, 4) is 0 Å². The molecule has 0 aromatic carbocycles. The predicted octanol–water partition coefficient (Wildman–Crippen LogP) is 6.88. The monoisotopic (exact) mass is 494 g/mol. The van der Waals surface area contributed by atoms with Gasteiger partial charge in [0.15, 0.2) is 12.1 Å². The summed E-state index contributed by atoms with van der Waals surface area (Å²) in [5.41, 5.74) is 1.47. The van der Waals surface area contributed by atoms with Crippen LogP contribution in [0.15, 0.2) is 22.8 Å². The molecule has 0 amide bonds. The minimum atomic E-state index is -0.140. The second kappa shape index (κ2) is 14.4. The van der Waals surface area contributed by atoms with Crippen LogP contribution in [0.3, 0.4) is 0 Å². The number of allylic oxidation sites excluding steroid dienone is 3. The highest BCUT2D eigenvalue weighted by Gasteiger charge is 2.46. The summed E-state index contributed by atoms with van der Waals surface area (Å²) >= 11 is 6.55. The van der Waals surface area contributed by atoms with Gasteiger partial charge in [0.1, 0.15) is 0 Å². The summed E-state index contributed by atoms with van der Waals surface area (Å²) in [7, 11) is 0. The first-order valence-corrected chi connectivity index (χ1v) is 13.9. The standard InChI is InChI=1S/C28H43ClO5/c1-3-5-6-12-25(30)24(29)19-23-22-17-20(11-7-8-13-27(31)32-4-2)16-21(22)18-26(23)34-28-14-9-10-15-33-28/h16,19,21-23,26,28H,3-15,17-18H2,1-2H3. The molecule has 34 heavy (non-hydrogen) atoms. The van der Waals surface area contributed by atoms with Gasteiger partial charge < -0.3 is 14.2 Å². The fourth-order valence-electron chi connectivity index (χ4n) is 5.66. The number of Topliss-reactive ketones (excluding diaryl/α,β-unsaturated/α-hetero) is 1. The van der Waals surface area contributed by atoms with Gasteiger partial charge >= 0.3 is 5.97 Å². The Morgan fingerprint density at radius 1 is 1.15 bits per heavy atom. The van der Waals surface area contributed by atoms with Crippen LogP contribution in [-0.4, -0.2) is 37.4 Å². The minimum absolute atomic E-state index is 0.0388. The van der Waals surface area contributed by atoms with Crippen LogP contribution in [0, 0.1) is 17.8 Å². The molecule has 1 saturated carbocycles. The smallest absolute Gasteiger partial charge is 0.305 e. The van der Waals surface area contributed by atoms with Gasteiger partial charge in [-0.2, -0.15) is 0 Å². The molecule has 0 aromatic heterocycles. The van der Waals surface area contributed by atoms with E-state index in [2.05, 4.69) is 13.0 Å². The van der Waals surface area contributed by atoms with Crippen molar-refractivity contribution in [2.75, 3.05) is 13.2 Å². The summed E-state index contributed by atoms with van der Waals surface area (Å²) in [6, 6.07) is 0. The number of hydrogen-bond acceptors (Lipinski definition) is 5. The molecular formula is C28H43ClO5. The van der Waals surface area contributed by atoms with Gasteiger partial charge in [0, 0.05) is 25.4 Å². The Hall–Kier alpha value is -1.17. The van der Waals surface area contributed by atoms with Crippen molar-refractivity contribution in [1.82, 2.24) is 0 Å². The lowest BCUT2D eigenvalue weighted by molar-refractivity contribution is -0.192. The molecule has 0 N–H and O–H groups in total. The highest BCUT2D eigenvalue weighted by Crippen LogP contribution is 2.50. The number of rotatable bonds is 14.